The van der Waals surface area contributed by atoms with Gasteiger partial charge in [-0.2, -0.15) is 0 Å². The lowest BCUT2D eigenvalue weighted by atomic mass is 10.1. The largest absolute Gasteiger partial charge is 0.493 e. The second-order valence-corrected chi connectivity index (χ2v) is 5.42. The van der Waals surface area contributed by atoms with Crippen molar-refractivity contribution >= 4 is 0 Å². The number of benzene rings is 2. The maximum absolute atomic E-state index is 5.67. The van der Waals surface area contributed by atoms with Gasteiger partial charge in [-0.05, 0) is 36.6 Å². The molecule has 0 aliphatic carbocycles. The van der Waals surface area contributed by atoms with Gasteiger partial charge in [-0.1, -0.05) is 42.8 Å². The predicted octanol–water partition coefficient (Wildman–Crippen LogP) is 4.08. The summed E-state index contributed by atoms with van der Waals surface area (Å²) in [5, 5.41) is 3.46. The molecule has 0 aromatic heterocycles. The van der Waals surface area contributed by atoms with E-state index in [2.05, 4.69) is 49.5 Å². The Morgan fingerprint density at radius 1 is 0.909 bits per heavy atom. The molecule has 0 saturated carbocycles. The Morgan fingerprint density at radius 2 is 1.59 bits per heavy atom. The molecular weight excluding hydrogens is 274 g/mol. The molecule has 1 N–H and O–H groups in total. The first kappa shape index (κ1) is 16.4. The summed E-state index contributed by atoms with van der Waals surface area (Å²) >= 11 is 0. The monoisotopic (exact) mass is 299 g/mol. The number of ether oxygens (including phenoxy) is 2. The van der Waals surface area contributed by atoms with Gasteiger partial charge >= 0.3 is 0 Å². The molecule has 0 atom stereocenters. The quantitative estimate of drug-likeness (QED) is 0.796. The molecule has 0 unspecified atom stereocenters. The summed E-state index contributed by atoms with van der Waals surface area (Å²) in [5.74, 6) is 1.61. The van der Waals surface area contributed by atoms with Crippen molar-refractivity contribution in [3.63, 3.8) is 0 Å². The first-order valence-electron chi connectivity index (χ1n) is 7.79. The lowest BCUT2D eigenvalue weighted by Crippen LogP contribution is -2.12. The smallest absolute Gasteiger partial charge is 0.161 e. The van der Waals surface area contributed by atoms with Crippen molar-refractivity contribution in [3.05, 3.63) is 59.2 Å². The van der Waals surface area contributed by atoms with Gasteiger partial charge < -0.3 is 14.8 Å². The summed E-state index contributed by atoms with van der Waals surface area (Å²) in [6.07, 6.45) is 0.989. The van der Waals surface area contributed by atoms with Gasteiger partial charge in [-0.15, -0.1) is 0 Å². The average molecular weight is 299 g/mol. The van der Waals surface area contributed by atoms with Crippen LogP contribution in [0.4, 0.5) is 0 Å². The first-order valence-corrected chi connectivity index (χ1v) is 7.79. The van der Waals surface area contributed by atoms with Gasteiger partial charge in [0.05, 0.1) is 13.7 Å². The van der Waals surface area contributed by atoms with Gasteiger partial charge in [0.15, 0.2) is 11.5 Å². The van der Waals surface area contributed by atoms with E-state index in [1.165, 1.54) is 16.7 Å². The van der Waals surface area contributed by atoms with Crippen LogP contribution in [0, 0.1) is 6.92 Å². The average Bonchev–Trinajstić information content (AvgIpc) is 2.55. The van der Waals surface area contributed by atoms with Gasteiger partial charge in [0.1, 0.15) is 0 Å². The predicted molar refractivity (Wildman–Crippen MR) is 90.5 cm³/mol. The molecule has 22 heavy (non-hydrogen) atoms. The Balaban J connectivity index is 1.90. The van der Waals surface area contributed by atoms with E-state index in [9.17, 15) is 0 Å². The summed E-state index contributed by atoms with van der Waals surface area (Å²) in [6.45, 7) is 6.57. The lowest BCUT2D eigenvalue weighted by molar-refractivity contribution is 0.294. The molecular formula is C19H25NO2. The second-order valence-electron chi connectivity index (χ2n) is 5.42. The van der Waals surface area contributed by atoms with Crippen LogP contribution in [0.2, 0.25) is 0 Å². The number of methoxy groups -OCH3 is 1. The third-order valence-electron chi connectivity index (χ3n) is 3.47. The minimum atomic E-state index is 0.710. The fourth-order valence-corrected chi connectivity index (χ4v) is 2.21. The first-order chi connectivity index (χ1) is 10.7. The minimum Gasteiger partial charge on any atom is -0.493 e. The van der Waals surface area contributed by atoms with Crippen LogP contribution in [0.1, 0.15) is 30.0 Å². The highest BCUT2D eigenvalue weighted by Gasteiger charge is 2.05. The summed E-state index contributed by atoms with van der Waals surface area (Å²) in [6, 6.07) is 14.7. The third kappa shape index (κ3) is 4.78. The summed E-state index contributed by atoms with van der Waals surface area (Å²) in [5.41, 5.74) is 3.77. The summed E-state index contributed by atoms with van der Waals surface area (Å²) in [4.78, 5) is 0. The zero-order valence-electron chi connectivity index (χ0n) is 13.7. The van der Waals surface area contributed by atoms with E-state index < -0.39 is 0 Å². The van der Waals surface area contributed by atoms with Crippen molar-refractivity contribution in [2.75, 3.05) is 13.7 Å². The Hall–Kier alpha value is -2.00. The van der Waals surface area contributed by atoms with Gasteiger partial charge in [0.2, 0.25) is 0 Å². The van der Waals surface area contributed by atoms with Crippen LogP contribution in [0.25, 0.3) is 0 Å². The molecule has 0 amide bonds. The highest BCUT2D eigenvalue weighted by Crippen LogP contribution is 2.28. The zero-order chi connectivity index (χ0) is 15.8. The van der Waals surface area contributed by atoms with Crippen molar-refractivity contribution in [3.8, 4) is 11.5 Å². The number of rotatable bonds is 8. The van der Waals surface area contributed by atoms with Crippen LogP contribution in [0.3, 0.4) is 0 Å². The van der Waals surface area contributed by atoms with E-state index in [1.54, 1.807) is 7.11 Å². The van der Waals surface area contributed by atoms with E-state index in [0.29, 0.717) is 6.61 Å². The normalized spacial score (nSPS) is 10.5. The molecule has 118 valence electrons. The summed E-state index contributed by atoms with van der Waals surface area (Å²) in [7, 11) is 1.68. The maximum Gasteiger partial charge on any atom is 0.161 e. The van der Waals surface area contributed by atoms with Crippen LogP contribution in [0.5, 0.6) is 11.5 Å². The van der Waals surface area contributed by atoms with Crippen LogP contribution in [-0.2, 0) is 13.1 Å². The Labute approximate surface area is 133 Å². The Kier molecular flexibility index (Phi) is 6.28. The van der Waals surface area contributed by atoms with E-state index in [-0.39, 0.29) is 0 Å². The second kappa shape index (κ2) is 8.44. The van der Waals surface area contributed by atoms with Crippen molar-refractivity contribution in [2.24, 2.45) is 0 Å². The molecule has 2 aromatic rings. The van der Waals surface area contributed by atoms with Crippen LogP contribution in [-0.4, -0.2) is 13.7 Å². The molecule has 0 bridgehead atoms. The highest BCUT2D eigenvalue weighted by atomic mass is 16.5. The van der Waals surface area contributed by atoms with Crippen LogP contribution >= 0.6 is 0 Å². The lowest BCUT2D eigenvalue weighted by Gasteiger charge is -2.12. The van der Waals surface area contributed by atoms with Gasteiger partial charge in [0.25, 0.3) is 0 Å². The standard InChI is InChI=1S/C19H25NO2/c1-4-11-22-18-10-9-17(12-19(18)21-3)14-20-13-16-7-5-15(2)6-8-16/h5-10,12,20H,4,11,13-14H2,1-3H3. The third-order valence-corrected chi connectivity index (χ3v) is 3.47. The highest BCUT2D eigenvalue weighted by molar-refractivity contribution is 5.43. The van der Waals surface area contributed by atoms with Crippen LogP contribution in [0.15, 0.2) is 42.5 Å². The topological polar surface area (TPSA) is 30.5 Å². The molecule has 2 rings (SSSR count). The van der Waals surface area contributed by atoms with E-state index in [0.717, 1.165) is 31.0 Å². The summed E-state index contributed by atoms with van der Waals surface area (Å²) < 4.78 is 11.1. The fourth-order valence-electron chi connectivity index (χ4n) is 2.21. The van der Waals surface area contributed by atoms with Crippen molar-refractivity contribution in [1.82, 2.24) is 5.32 Å². The van der Waals surface area contributed by atoms with E-state index in [4.69, 9.17) is 9.47 Å². The molecule has 0 aliphatic rings. The Bertz CT molecular complexity index is 578. The molecule has 0 heterocycles. The molecule has 0 radical (unpaired) electrons. The minimum absolute atomic E-state index is 0.710. The molecule has 0 saturated heterocycles. The van der Waals surface area contributed by atoms with Gasteiger partial charge in [-0.25, -0.2) is 0 Å². The molecule has 2 aromatic carbocycles. The number of hydrogen-bond acceptors (Lipinski definition) is 3. The zero-order valence-corrected chi connectivity index (χ0v) is 13.7. The van der Waals surface area contributed by atoms with Crippen molar-refractivity contribution < 1.29 is 9.47 Å². The van der Waals surface area contributed by atoms with Crippen molar-refractivity contribution in [1.29, 1.82) is 0 Å². The number of nitrogens with one attached hydrogen (secondary N) is 1. The number of aryl methyl sites for hydroxylation is 1. The maximum atomic E-state index is 5.67. The molecule has 3 nitrogen and oxygen atoms in total. The van der Waals surface area contributed by atoms with Gasteiger partial charge in [-0.3, -0.25) is 0 Å². The van der Waals surface area contributed by atoms with Crippen LogP contribution < -0.4 is 14.8 Å². The molecule has 0 fully saturated rings. The van der Waals surface area contributed by atoms with E-state index in [1.807, 2.05) is 12.1 Å². The fraction of sp³-hybridized carbons (Fsp3) is 0.368. The molecule has 0 spiro atoms. The van der Waals surface area contributed by atoms with Gasteiger partial charge in [0, 0.05) is 13.1 Å². The molecule has 3 heteroatoms. The Morgan fingerprint density at radius 3 is 2.27 bits per heavy atom. The van der Waals surface area contributed by atoms with Crippen molar-refractivity contribution in [2.45, 2.75) is 33.4 Å². The molecule has 0 aliphatic heterocycles. The SMILES string of the molecule is CCCOc1ccc(CNCc2ccc(C)cc2)cc1OC. The number of hydrogen-bond donors (Lipinski definition) is 1. The van der Waals surface area contributed by atoms with E-state index >= 15 is 0 Å².